The van der Waals surface area contributed by atoms with Crippen molar-refractivity contribution in [3.05, 3.63) is 30.1 Å². The van der Waals surface area contributed by atoms with Crippen LogP contribution < -0.4 is 10.2 Å². The smallest absolute Gasteiger partial charge is 0.225 e. The van der Waals surface area contributed by atoms with E-state index in [-0.39, 0.29) is 11.9 Å². The lowest BCUT2D eigenvalue weighted by atomic mass is 10.1. The molecule has 2 heterocycles. The first-order valence-electron chi connectivity index (χ1n) is 8.60. The molecule has 0 aromatic carbocycles. The number of anilines is 1. The van der Waals surface area contributed by atoms with Crippen LogP contribution in [0.3, 0.4) is 0 Å². The Morgan fingerprint density at radius 1 is 1.35 bits per heavy atom. The van der Waals surface area contributed by atoms with Crippen LogP contribution in [-0.4, -0.2) is 29.0 Å². The lowest BCUT2D eigenvalue weighted by molar-refractivity contribution is -0.120. The Labute approximate surface area is 139 Å². The standard InChI is InChI=1S/C18H28N4O/c1-4-10-17(23)20-14(2)16-13-19-18(21-15(16)3)22-11-8-6-5-7-9-12-22/h4,13-14H,1,5-12H2,2-3H3,(H,20,23)/t14-/m1/s1. The van der Waals surface area contributed by atoms with Gasteiger partial charge in [0.25, 0.3) is 0 Å². The predicted octanol–water partition coefficient (Wildman–Crippen LogP) is 3.31. The quantitative estimate of drug-likeness (QED) is 0.847. The molecule has 5 heteroatoms. The summed E-state index contributed by atoms with van der Waals surface area (Å²) in [5, 5.41) is 2.95. The van der Waals surface area contributed by atoms with Gasteiger partial charge in [-0.3, -0.25) is 4.79 Å². The number of amides is 1. The van der Waals surface area contributed by atoms with E-state index >= 15 is 0 Å². The molecule has 1 fully saturated rings. The number of aryl methyl sites for hydroxylation is 1. The lowest BCUT2D eigenvalue weighted by Crippen LogP contribution is -2.30. The molecule has 1 aliphatic rings. The number of nitrogens with one attached hydrogen (secondary N) is 1. The molecular weight excluding hydrogens is 288 g/mol. The highest BCUT2D eigenvalue weighted by atomic mass is 16.1. The van der Waals surface area contributed by atoms with E-state index in [4.69, 9.17) is 0 Å². The van der Waals surface area contributed by atoms with Crippen molar-refractivity contribution in [2.24, 2.45) is 0 Å². The largest absolute Gasteiger partial charge is 0.349 e. The first-order valence-corrected chi connectivity index (χ1v) is 8.60. The topological polar surface area (TPSA) is 58.1 Å². The van der Waals surface area contributed by atoms with Crippen molar-refractivity contribution >= 4 is 11.9 Å². The Morgan fingerprint density at radius 3 is 2.61 bits per heavy atom. The highest BCUT2D eigenvalue weighted by molar-refractivity contribution is 5.77. The zero-order valence-electron chi connectivity index (χ0n) is 14.3. The monoisotopic (exact) mass is 316 g/mol. The second-order valence-corrected chi connectivity index (χ2v) is 6.25. The average molecular weight is 316 g/mol. The molecule has 0 radical (unpaired) electrons. The highest BCUT2D eigenvalue weighted by Crippen LogP contribution is 2.20. The summed E-state index contributed by atoms with van der Waals surface area (Å²) in [5.41, 5.74) is 1.90. The van der Waals surface area contributed by atoms with Gasteiger partial charge in [-0.2, -0.15) is 0 Å². The molecule has 1 amide bonds. The molecule has 1 aliphatic heterocycles. The van der Waals surface area contributed by atoms with E-state index in [1.165, 1.54) is 32.1 Å². The van der Waals surface area contributed by atoms with Crippen LogP contribution in [-0.2, 0) is 4.79 Å². The Morgan fingerprint density at radius 2 is 2.00 bits per heavy atom. The first kappa shape index (κ1) is 17.4. The molecule has 1 N–H and O–H groups in total. The summed E-state index contributed by atoms with van der Waals surface area (Å²) < 4.78 is 0. The Balaban J connectivity index is 2.06. The lowest BCUT2D eigenvalue weighted by Gasteiger charge is -2.25. The van der Waals surface area contributed by atoms with Gasteiger partial charge in [0.1, 0.15) is 0 Å². The number of aromatic nitrogens is 2. The van der Waals surface area contributed by atoms with Crippen LogP contribution in [0.15, 0.2) is 18.9 Å². The third-order valence-corrected chi connectivity index (χ3v) is 4.32. The number of hydrogen-bond acceptors (Lipinski definition) is 4. The van der Waals surface area contributed by atoms with Gasteiger partial charge >= 0.3 is 0 Å². The molecule has 23 heavy (non-hydrogen) atoms. The van der Waals surface area contributed by atoms with Crippen LogP contribution in [0, 0.1) is 6.92 Å². The number of nitrogens with zero attached hydrogens (tertiary/aromatic N) is 3. The van der Waals surface area contributed by atoms with Gasteiger partial charge in [-0.1, -0.05) is 25.3 Å². The van der Waals surface area contributed by atoms with E-state index in [9.17, 15) is 4.79 Å². The van der Waals surface area contributed by atoms with Gasteiger partial charge in [0.15, 0.2) is 0 Å². The fourth-order valence-corrected chi connectivity index (χ4v) is 3.00. The van der Waals surface area contributed by atoms with Crippen LogP contribution in [0.5, 0.6) is 0 Å². The van der Waals surface area contributed by atoms with Crippen molar-refractivity contribution in [1.82, 2.24) is 15.3 Å². The van der Waals surface area contributed by atoms with Gasteiger partial charge in [-0.15, -0.1) is 6.58 Å². The summed E-state index contributed by atoms with van der Waals surface area (Å²) in [4.78, 5) is 23.2. The third-order valence-electron chi connectivity index (χ3n) is 4.32. The van der Waals surface area contributed by atoms with E-state index in [1.54, 1.807) is 6.08 Å². The van der Waals surface area contributed by atoms with Crippen LogP contribution in [0.25, 0.3) is 0 Å². The first-order chi connectivity index (χ1) is 11.1. The van der Waals surface area contributed by atoms with Gasteiger partial charge in [0.2, 0.25) is 11.9 Å². The van der Waals surface area contributed by atoms with Crippen LogP contribution in [0.4, 0.5) is 5.95 Å². The molecule has 0 spiro atoms. The summed E-state index contributed by atoms with van der Waals surface area (Å²) >= 11 is 0. The molecule has 2 rings (SSSR count). The molecule has 126 valence electrons. The number of hydrogen-bond donors (Lipinski definition) is 1. The number of carbonyl (C=O) groups excluding carboxylic acids is 1. The summed E-state index contributed by atoms with van der Waals surface area (Å²) in [7, 11) is 0. The average Bonchev–Trinajstić information content (AvgIpc) is 2.46. The van der Waals surface area contributed by atoms with E-state index < -0.39 is 0 Å². The molecular formula is C18H28N4O. The SMILES string of the molecule is C=CCC(=O)N[C@H](C)c1cnc(N2CCCCCCC2)nc1C. The molecule has 5 nitrogen and oxygen atoms in total. The minimum atomic E-state index is -0.0937. The van der Waals surface area contributed by atoms with E-state index in [0.717, 1.165) is 30.3 Å². The maximum atomic E-state index is 11.7. The fourth-order valence-electron chi connectivity index (χ4n) is 3.00. The molecule has 0 saturated carbocycles. The molecule has 0 aliphatic carbocycles. The van der Waals surface area contributed by atoms with Crippen LogP contribution >= 0.6 is 0 Å². The third kappa shape index (κ3) is 5.05. The van der Waals surface area contributed by atoms with Crippen molar-refractivity contribution in [2.45, 2.75) is 58.4 Å². The maximum Gasteiger partial charge on any atom is 0.225 e. The zero-order valence-corrected chi connectivity index (χ0v) is 14.3. The number of carbonyl (C=O) groups is 1. The van der Waals surface area contributed by atoms with Gasteiger partial charge in [0, 0.05) is 37.0 Å². The van der Waals surface area contributed by atoms with Gasteiger partial charge in [0.05, 0.1) is 6.04 Å². The van der Waals surface area contributed by atoms with E-state index in [0.29, 0.717) is 6.42 Å². The number of rotatable bonds is 5. The van der Waals surface area contributed by atoms with Gasteiger partial charge in [-0.25, -0.2) is 9.97 Å². The summed E-state index contributed by atoms with van der Waals surface area (Å²) in [6, 6.07) is -0.0937. The van der Waals surface area contributed by atoms with Crippen LogP contribution in [0.2, 0.25) is 0 Å². The van der Waals surface area contributed by atoms with Crippen molar-refractivity contribution in [3.63, 3.8) is 0 Å². The van der Waals surface area contributed by atoms with Crippen molar-refractivity contribution in [3.8, 4) is 0 Å². The molecule has 1 aromatic heterocycles. The minimum Gasteiger partial charge on any atom is -0.349 e. The second kappa shape index (κ2) is 8.65. The van der Waals surface area contributed by atoms with E-state index in [1.807, 2.05) is 20.0 Å². The van der Waals surface area contributed by atoms with Crippen molar-refractivity contribution < 1.29 is 4.79 Å². The zero-order chi connectivity index (χ0) is 16.7. The Kier molecular flexibility index (Phi) is 6.56. The van der Waals surface area contributed by atoms with Gasteiger partial charge < -0.3 is 10.2 Å². The second-order valence-electron chi connectivity index (χ2n) is 6.25. The van der Waals surface area contributed by atoms with Crippen molar-refractivity contribution in [1.29, 1.82) is 0 Å². The van der Waals surface area contributed by atoms with Crippen molar-refractivity contribution in [2.75, 3.05) is 18.0 Å². The van der Waals surface area contributed by atoms with E-state index in [2.05, 4.69) is 26.8 Å². The molecule has 0 unspecified atom stereocenters. The van der Waals surface area contributed by atoms with Gasteiger partial charge in [-0.05, 0) is 26.7 Å². The minimum absolute atomic E-state index is 0.0280. The maximum absolute atomic E-state index is 11.7. The summed E-state index contributed by atoms with van der Waals surface area (Å²) in [5.74, 6) is 0.789. The molecule has 0 bridgehead atoms. The normalized spacial score (nSPS) is 17.0. The summed E-state index contributed by atoms with van der Waals surface area (Å²) in [6.07, 6.45) is 10.1. The molecule has 1 atom stereocenters. The summed E-state index contributed by atoms with van der Waals surface area (Å²) in [6.45, 7) is 9.60. The Bertz CT molecular complexity index is 536. The highest BCUT2D eigenvalue weighted by Gasteiger charge is 2.16. The van der Waals surface area contributed by atoms with Crippen LogP contribution in [0.1, 0.15) is 62.7 Å². The Hall–Kier alpha value is -1.91. The molecule has 1 aromatic rings. The predicted molar refractivity (Wildman–Crippen MR) is 93.4 cm³/mol. The fraction of sp³-hybridized carbons (Fsp3) is 0.611. The molecule has 1 saturated heterocycles.